The van der Waals surface area contributed by atoms with E-state index in [0.29, 0.717) is 0 Å². The zero-order valence-electron chi connectivity index (χ0n) is 5.13. The van der Waals surface area contributed by atoms with Crippen LogP contribution in [0.25, 0.3) is 0 Å². The van der Waals surface area contributed by atoms with Crippen molar-refractivity contribution in [3.63, 3.8) is 0 Å². The first-order valence-electron chi connectivity index (χ1n) is 2.63. The smallest absolute Gasteiger partial charge is 0.222 e. The number of hydrogen-bond donors (Lipinski definition) is 1. The van der Waals surface area contributed by atoms with E-state index >= 15 is 0 Å². The summed E-state index contributed by atoms with van der Waals surface area (Å²) in [5.41, 5.74) is 11.9. The molecule has 0 fully saturated rings. The molecule has 4 nitrogen and oxygen atoms in total. The maximum absolute atomic E-state index is 10.3. The van der Waals surface area contributed by atoms with Crippen LogP contribution in [0.1, 0.15) is 4.88 Å². The molecule has 3 N–H and O–H groups in total. The summed E-state index contributed by atoms with van der Waals surface area (Å²) < 4.78 is 0. The molecule has 0 aliphatic heterocycles. The monoisotopic (exact) mass is 156 g/mol. The quantitative estimate of drug-likeness (QED) is 0.658. The molecular formula is C5H6N3OS. The number of nitrogens with one attached hydrogen (secondary N) is 1. The van der Waals surface area contributed by atoms with Crippen LogP contribution < -0.4 is 11.5 Å². The van der Waals surface area contributed by atoms with Gasteiger partial charge < -0.3 is 5.73 Å². The van der Waals surface area contributed by atoms with Gasteiger partial charge in [0, 0.05) is 11.1 Å². The summed E-state index contributed by atoms with van der Waals surface area (Å²) >= 11 is 1.17. The van der Waals surface area contributed by atoms with E-state index in [-0.39, 0.29) is 17.5 Å². The first kappa shape index (κ1) is 7.01. The van der Waals surface area contributed by atoms with Gasteiger partial charge in [0.15, 0.2) is 0 Å². The van der Waals surface area contributed by atoms with Crippen molar-refractivity contribution in [3.8, 4) is 0 Å². The second-order valence-electron chi connectivity index (χ2n) is 1.77. The van der Waals surface area contributed by atoms with Crippen LogP contribution in [0, 0.1) is 0 Å². The summed E-state index contributed by atoms with van der Waals surface area (Å²) in [6.07, 6.45) is 1.69. The highest BCUT2D eigenvalue weighted by molar-refractivity contribution is 7.15. The van der Waals surface area contributed by atoms with Crippen molar-refractivity contribution in [2.45, 2.75) is 6.42 Å². The van der Waals surface area contributed by atoms with Gasteiger partial charge in [0.2, 0.25) is 11.0 Å². The average molecular weight is 156 g/mol. The Bertz CT molecular complexity index is 245. The second kappa shape index (κ2) is 2.66. The molecule has 0 bridgehead atoms. The molecule has 0 aromatic carbocycles. The molecule has 0 saturated heterocycles. The van der Waals surface area contributed by atoms with E-state index in [2.05, 4.69) is 4.98 Å². The lowest BCUT2D eigenvalue weighted by Crippen LogP contribution is -2.12. The number of carbonyl (C=O) groups excluding carboxylic acids is 1. The molecule has 1 amide bonds. The molecule has 1 aromatic heterocycles. The summed E-state index contributed by atoms with van der Waals surface area (Å²) in [5.74, 6) is -0.386. The minimum atomic E-state index is -0.386. The molecule has 53 valence electrons. The Morgan fingerprint density at radius 2 is 2.60 bits per heavy atom. The number of aromatic nitrogens is 1. The van der Waals surface area contributed by atoms with Crippen LogP contribution in [0.15, 0.2) is 6.20 Å². The Kier molecular flexibility index (Phi) is 1.86. The highest BCUT2D eigenvalue weighted by atomic mass is 32.1. The molecule has 0 aliphatic rings. The number of nitrogens with two attached hydrogens (primary N) is 1. The van der Waals surface area contributed by atoms with E-state index in [9.17, 15) is 4.79 Å². The molecule has 0 aliphatic carbocycles. The van der Waals surface area contributed by atoms with Crippen LogP contribution in [0.4, 0.5) is 5.13 Å². The zero-order chi connectivity index (χ0) is 7.56. The van der Waals surface area contributed by atoms with E-state index in [0.717, 1.165) is 4.88 Å². The van der Waals surface area contributed by atoms with Gasteiger partial charge in [-0.2, -0.15) is 0 Å². The van der Waals surface area contributed by atoms with Crippen molar-refractivity contribution in [1.82, 2.24) is 10.7 Å². The van der Waals surface area contributed by atoms with Crippen LogP contribution in [-0.4, -0.2) is 10.9 Å². The largest absolute Gasteiger partial charge is 0.369 e. The molecule has 1 heterocycles. The van der Waals surface area contributed by atoms with Crippen molar-refractivity contribution in [2.24, 2.45) is 5.73 Å². The van der Waals surface area contributed by atoms with Crippen molar-refractivity contribution in [1.29, 1.82) is 0 Å². The van der Waals surface area contributed by atoms with Gasteiger partial charge in [0.1, 0.15) is 0 Å². The lowest BCUT2D eigenvalue weighted by molar-refractivity contribution is -0.117. The molecule has 1 aromatic rings. The minimum Gasteiger partial charge on any atom is -0.369 e. The predicted octanol–water partition coefficient (Wildman–Crippen LogP) is 0.0853. The fourth-order valence-electron chi connectivity index (χ4n) is 0.561. The van der Waals surface area contributed by atoms with Crippen LogP contribution in [0.2, 0.25) is 0 Å². The summed E-state index contributed by atoms with van der Waals surface area (Å²) in [6.45, 7) is 0. The second-order valence-corrected chi connectivity index (χ2v) is 2.89. The van der Waals surface area contributed by atoms with Gasteiger partial charge in [-0.1, -0.05) is 11.3 Å². The standard InChI is InChI=1S/C5H6N3OS/c6-4(9)1-3-2-8-5(7)10-3/h2,7H,1H2,(H2,6,9). The predicted molar refractivity (Wildman–Crippen MR) is 37.8 cm³/mol. The number of thiazole rings is 1. The molecule has 0 unspecified atom stereocenters. The van der Waals surface area contributed by atoms with E-state index in [4.69, 9.17) is 11.5 Å². The van der Waals surface area contributed by atoms with Crippen molar-refractivity contribution in [2.75, 3.05) is 0 Å². The Morgan fingerprint density at radius 1 is 1.90 bits per heavy atom. The van der Waals surface area contributed by atoms with Gasteiger partial charge in [-0.25, -0.2) is 4.98 Å². The van der Waals surface area contributed by atoms with E-state index in [1.165, 1.54) is 17.5 Å². The Balaban J connectivity index is 2.67. The fourth-order valence-corrected chi connectivity index (χ4v) is 1.23. The number of nitrogens with zero attached hydrogens (tertiary/aromatic N) is 1. The number of carbonyl (C=O) groups is 1. The summed E-state index contributed by atoms with van der Waals surface area (Å²) in [7, 11) is 0. The van der Waals surface area contributed by atoms with Gasteiger partial charge in [0.25, 0.3) is 0 Å². The van der Waals surface area contributed by atoms with Gasteiger partial charge in [-0.3, -0.25) is 10.5 Å². The SMILES string of the molecule is [NH]c1ncc(CC(N)=O)s1. The van der Waals surface area contributed by atoms with Crippen LogP contribution in [0.5, 0.6) is 0 Å². The number of hydrogen-bond acceptors (Lipinski definition) is 3. The Hall–Kier alpha value is -1.10. The number of primary amides is 1. The molecule has 0 saturated carbocycles. The van der Waals surface area contributed by atoms with Crippen LogP contribution in [0.3, 0.4) is 0 Å². The molecule has 1 rings (SSSR count). The first-order chi connectivity index (χ1) is 4.68. The highest BCUT2D eigenvalue weighted by Gasteiger charge is 2.01. The maximum atomic E-state index is 10.3. The molecule has 1 radical (unpaired) electrons. The van der Waals surface area contributed by atoms with Crippen molar-refractivity contribution >= 4 is 22.4 Å². The van der Waals surface area contributed by atoms with Crippen molar-refractivity contribution in [3.05, 3.63) is 11.1 Å². The topological polar surface area (TPSA) is 79.8 Å². The third kappa shape index (κ3) is 1.70. The van der Waals surface area contributed by atoms with Crippen LogP contribution >= 0.6 is 11.3 Å². The van der Waals surface area contributed by atoms with Crippen LogP contribution in [-0.2, 0) is 11.2 Å². The highest BCUT2D eigenvalue weighted by Crippen LogP contribution is 2.15. The molecule has 10 heavy (non-hydrogen) atoms. The normalized spacial score (nSPS) is 9.60. The zero-order valence-corrected chi connectivity index (χ0v) is 5.94. The Labute approximate surface area is 61.9 Å². The Morgan fingerprint density at radius 3 is 3.00 bits per heavy atom. The maximum Gasteiger partial charge on any atom is 0.222 e. The van der Waals surface area contributed by atoms with Crippen molar-refractivity contribution < 1.29 is 4.79 Å². The summed E-state index contributed by atoms with van der Waals surface area (Å²) in [6, 6.07) is 0. The lowest BCUT2D eigenvalue weighted by atomic mass is 10.4. The molecule has 5 heteroatoms. The van der Waals surface area contributed by atoms with E-state index in [1.54, 1.807) is 0 Å². The van der Waals surface area contributed by atoms with Gasteiger partial charge >= 0.3 is 0 Å². The lowest BCUT2D eigenvalue weighted by Gasteiger charge is -1.85. The molecular weight excluding hydrogens is 150 g/mol. The average Bonchev–Trinajstić information content (AvgIpc) is 2.13. The number of amides is 1. The van der Waals surface area contributed by atoms with E-state index in [1.807, 2.05) is 0 Å². The third-order valence-corrected chi connectivity index (χ3v) is 1.71. The van der Waals surface area contributed by atoms with Gasteiger partial charge in [0.05, 0.1) is 6.42 Å². The number of rotatable bonds is 2. The van der Waals surface area contributed by atoms with Gasteiger partial charge in [-0.05, 0) is 0 Å². The van der Waals surface area contributed by atoms with Gasteiger partial charge in [-0.15, -0.1) is 0 Å². The minimum absolute atomic E-state index is 0.191. The molecule has 0 spiro atoms. The first-order valence-corrected chi connectivity index (χ1v) is 3.45. The third-order valence-electron chi connectivity index (χ3n) is 0.902. The van der Waals surface area contributed by atoms with E-state index < -0.39 is 0 Å². The molecule has 0 atom stereocenters. The fraction of sp³-hybridized carbons (Fsp3) is 0.200. The summed E-state index contributed by atoms with van der Waals surface area (Å²) in [5, 5.41) is 0.219. The summed E-state index contributed by atoms with van der Waals surface area (Å²) in [4.78, 5) is 14.7.